The molecule has 18 heavy (non-hydrogen) atoms. The van der Waals surface area contributed by atoms with E-state index in [-0.39, 0.29) is 11.5 Å². The van der Waals surface area contributed by atoms with Crippen molar-refractivity contribution in [2.45, 2.75) is 0 Å². The third-order valence-corrected chi connectivity index (χ3v) is 3.19. The number of phenolic OH excluding ortho intramolecular Hbond substituents is 1. The van der Waals surface area contributed by atoms with E-state index in [9.17, 15) is 4.79 Å². The monoisotopic (exact) mass is 302 g/mol. The van der Waals surface area contributed by atoms with E-state index in [1.165, 1.54) is 18.2 Å². The summed E-state index contributed by atoms with van der Waals surface area (Å²) in [6, 6.07) is 13.9. The van der Waals surface area contributed by atoms with E-state index in [0.717, 1.165) is 10.0 Å². The second kappa shape index (κ2) is 5.65. The number of phenols is 1. The number of carbonyl (C=O) groups is 1. The van der Waals surface area contributed by atoms with Gasteiger partial charge in [0.05, 0.1) is 0 Å². The summed E-state index contributed by atoms with van der Waals surface area (Å²) in [4.78, 5) is 11.9. The van der Waals surface area contributed by atoms with E-state index in [1.54, 1.807) is 18.2 Å². The van der Waals surface area contributed by atoms with Gasteiger partial charge in [0.15, 0.2) is 5.78 Å². The van der Waals surface area contributed by atoms with Crippen molar-refractivity contribution in [2.75, 3.05) is 0 Å². The maximum Gasteiger partial charge on any atom is 0.185 e. The summed E-state index contributed by atoms with van der Waals surface area (Å²) >= 11 is 3.42. The van der Waals surface area contributed by atoms with E-state index in [0.29, 0.717) is 5.56 Å². The summed E-state index contributed by atoms with van der Waals surface area (Å²) in [6.07, 6.45) is 3.28. The van der Waals surface area contributed by atoms with Crippen molar-refractivity contribution in [3.05, 3.63) is 70.2 Å². The molecule has 90 valence electrons. The van der Waals surface area contributed by atoms with Crippen LogP contribution >= 0.6 is 15.9 Å². The second-order valence-corrected chi connectivity index (χ2v) is 4.62. The maximum absolute atomic E-state index is 11.9. The van der Waals surface area contributed by atoms with Gasteiger partial charge in [0.25, 0.3) is 0 Å². The highest BCUT2D eigenvalue weighted by molar-refractivity contribution is 9.10. The van der Waals surface area contributed by atoms with Crippen LogP contribution in [-0.4, -0.2) is 10.9 Å². The minimum Gasteiger partial charge on any atom is -0.508 e. The molecule has 0 aliphatic heterocycles. The van der Waals surface area contributed by atoms with Crippen molar-refractivity contribution in [2.24, 2.45) is 0 Å². The molecule has 0 fully saturated rings. The van der Waals surface area contributed by atoms with Crippen LogP contribution in [-0.2, 0) is 0 Å². The first-order chi connectivity index (χ1) is 8.66. The zero-order chi connectivity index (χ0) is 13.0. The van der Waals surface area contributed by atoms with Crippen LogP contribution in [0.15, 0.2) is 59.1 Å². The molecule has 0 heterocycles. The van der Waals surface area contributed by atoms with Crippen molar-refractivity contribution in [3.8, 4) is 5.75 Å². The number of ketones is 1. The number of halogens is 1. The van der Waals surface area contributed by atoms with Gasteiger partial charge in [-0.05, 0) is 48.0 Å². The van der Waals surface area contributed by atoms with Gasteiger partial charge in [-0.25, -0.2) is 0 Å². The number of hydrogen-bond donors (Lipinski definition) is 1. The van der Waals surface area contributed by atoms with Crippen LogP contribution in [0.5, 0.6) is 5.75 Å². The largest absolute Gasteiger partial charge is 0.508 e. The molecule has 0 saturated heterocycles. The Hall–Kier alpha value is -1.87. The lowest BCUT2D eigenvalue weighted by molar-refractivity contribution is 0.104. The van der Waals surface area contributed by atoms with Crippen LogP contribution in [0.4, 0.5) is 0 Å². The molecule has 0 aliphatic carbocycles. The van der Waals surface area contributed by atoms with E-state index in [1.807, 2.05) is 24.3 Å². The fourth-order valence-corrected chi connectivity index (χ4v) is 1.91. The number of carbonyl (C=O) groups excluding carboxylic acids is 1. The Morgan fingerprint density at radius 2 is 1.72 bits per heavy atom. The van der Waals surface area contributed by atoms with Crippen molar-refractivity contribution in [3.63, 3.8) is 0 Å². The van der Waals surface area contributed by atoms with Gasteiger partial charge in [-0.2, -0.15) is 0 Å². The van der Waals surface area contributed by atoms with E-state index >= 15 is 0 Å². The number of rotatable bonds is 3. The maximum atomic E-state index is 11.9. The molecule has 0 radical (unpaired) electrons. The Kier molecular flexibility index (Phi) is 3.95. The molecular formula is C15H11BrO2. The minimum atomic E-state index is -0.0919. The zero-order valence-electron chi connectivity index (χ0n) is 9.51. The molecule has 1 N–H and O–H groups in total. The van der Waals surface area contributed by atoms with E-state index < -0.39 is 0 Å². The van der Waals surface area contributed by atoms with Gasteiger partial charge in [-0.1, -0.05) is 34.1 Å². The molecule has 0 aromatic heterocycles. The first-order valence-electron chi connectivity index (χ1n) is 5.43. The third kappa shape index (κ3) is 3.08. The van der Waals surface area contributed by atoms with Crippen molar-refractivity contribution < 1.29 is 9.90 Å². The van der Waals surface area contributed by atoms with Crippen LogP contribution in [0.25, 0.3) is 6.08 Å². The molecule has 0 atom stereocenters. The number of benzene rings is 2. The van der Waals surface area contributed by atoms with E-state index in [4.69, 9.17) is 5.11 Å². The lowest BCUT2D eigenvalue weighted by Gasteiger charge is -1.98. The molecule has 0 saturated carbocycles. The molecule has 2 aromatic carbocycles. The van der Waals surface area contributed by atoms with Gasteiger partial charge in [0, 0.05) is 10.0 Å². The number of allylic oxidation sites excluding steroid dienone is 1. The molecule has 0 bridgehead atoms. The first kappa shape index (κ1) is 12.6. The smallest absolute Gasteiger partial charge is 0.185 e. The Morgan fingerprint density at radius 3 is 2.39 bits per heavy atom. The fourth-order valence-electron chi connectivity index (χ4n) is 1.50. The number of aromatic hydroxyl groups is 1. The lowest BCUT2D eigenvalue weighted by Crippen LogP contribution is -1.93. The molecule has 2 nitrogen and oxygen atoms in total. The Morgan fingerprint density at radius 1 is 1.06 bits per heavy atom. The predicted molar refractivity (Wildman–Crippen MR) is 75.6 cm³/mol. The quantitative estimate of drug-likeness (QED) is 0.686. The Labute approximate surface area is 114 Å². The second-order valence-electron chi connectivity index (χ2n) is 3.77. The third-order valence-electron chi connectivity index (χ3n) is 2.47. The molecule has 0 aliphatic rings. The zero-order valence-corrected chi connectivity index (χ0v) is 11.1. The molecule has 2 aromatic rings. The average Bonchev–Trinajstić information content (AvgIpc) is 2.38. The van der Waals surface area contributed by atoms with Gasteiger partial charge >= 0.3 is 0 Å². The minimum absolute atomic E-state index is 0.0919. The van der Waals surface area contributed by atoms with Gasteiger partial charge in [-0.3, -0.25) is 4.79 Å². The average molecular weight is 303 g/mol. The van der Waals surface area contributed by atoms with Gasteiger partial charge < -0.3 is 5.11 Å². The van der Waals surface area contributed by atoms with Crippen LogP contribution in [0.1, 0.15) is 15.9 Å². The highest BCUT2D eigenvalue weighted by Gasteiger charge is 2.01. The van der Waals surface area contributed by atoms with Crippen molar-refractivity contribution in [1.82, 2.24) is 0 Å². The van der Waals surface area contributed by atoms with Gasteiger partial charge in [0.2, 0.25) is 0 Å². The first-order valence-corrected chi connectivity index (χ1v) is 6.22. The molecular weight excluding hydrogens is 292 g/mol. The van der Waals surface area contributed by atoms with Crippen LogP contribution in [0.2, 0.25) is 0 Å². The Bertz CT molecular complexity index is 586. The topological polar surface area (TPSA) is 37.3 Å². The van der Waals surface area contributed by atoms with Gasteiger partial charge in [-0.15, -0.1) is 0 Å². The summed E-state index contributed by atoms with van der Waals surface area (Å²) in [5.41, 5.74) is 1.50. The molecule has 0 spiro atoms. The summed E-state index contributed by atoms with van der Waals surface area (Å²) in [6.45, 7) is 0. The number of hydrogen-bond acceptors (Lipinski definition) is 2. The van der Waals surface area contributed by atoms with Crippen LogP contribution in [0.3, 0.4) is 0 Å². The lowest BCUT2D eigenvalue weighted by atomic mass is 10.1. The van der Waals surface area contributed by atoms with Crippen LogP contribution in [0, 0.1) is 0 Å². The standard InChI is InChI=1S/C15H11BrO2/c16-14-4-2-1-3-11(14)7-10-15(18)12-5-8-13(17)9-6-12/h1-10,17H. The Balaban J connectivity index is 2.17. The van der Waals surface area contributed by atoms with Gasteiger partial charge in [0.1, 0.15) is 5.75 Å². The SMILES string of the molecule is O=C(C=Cc1ccccc1Br)c1ccc(O)cc1. The summed E-state index contributed by atoms with van der Waals surface area (Å²) in [5.74, 6) is 0.0621. The van der Waals surface area contributed by atoms with E-state index in [2.05, 4.69) is 15.9 Å². The van der Waals surface area contributed by atoms with Crippen molar-refractivity contribution in [1.29, 1.82) is 0 Å². The molecule has 3 heteroatoms. The fraction of sp³-hybridized carbons (Fsp3) is 0. The molecule has 0 amide bonds. The highest BCUT2D eigenvalue weighted by Crippen LogP contribution is 2.18. The molecule has 0 unspecified atom stereocenters. The summed E-state index contributed by atoms with van der Waals surface area (Å²) in [7, 11) is 0. The highest BCUT2D eigenvalue weighted by atomic mass is 79.9. The normalized spacial score (nSPS) is 10.7. The summed E-state index contributed by atoms with van der Waals surface area (Å²) < 4.78 is 0.944. The predicted octanol–water partition coefficient (Wildman–Crippen LogP) is 4.05. The summed E-state index contributed by atoms with van der Waals surface area (Å²) in [5, 5.41) is 9.15. The van der Waals surface area contributed by atoms with Crippen LogP contribution < -0.4 is 0 Å². The van der Waals surface area contributed by atoms with Crippen molar-refractivity contribution >= 4 is 27.8 Å². The molecule has 2 rings (SSSR count).